The Balaban J connectivity index is 2.66. The van der Waals surface area contributed by atoms with E-state index in [1.54, 1.807) is 6.07 Å². The molecule has 0 amide bonds. The van der Waals surface area contributed by atoms with E-state index in [1.165, 1.54) is 0 Å². The van der Waals surface area contributed by atoms with Crippen LogP contribution in [0.2, 0.25) is 0 Å². The Kier molecular flexibility index (Phi) is 12.6. The van der Waals surface area contributed by atoms with Gasteiger partial charge >= 0.3 is 12.1 Å². The fourth-order valence-corrected chi connectivity index (χ4v) is 4.08. The molecule has 0 fully saturated rings. The molecule has 1 aromatic rings. The van der Waals surface area contributed by atoms with Gasteiger partial charge in [0, 0.05) is 15.1 Å². The monoisotopic (exact) mass is 482 g/mol. The van der Waals surface area contributed by atoms with Crippen LogP contribution in [-0.2, 0) is 40.5 Å². The van der Waals surface area contributed by atoms with E-state index >= 15 is 0 Å². The van der Waals surface area contributed by atoms with Gasteiger partial charge in [-0.1, -0.05) is 93.2 Å². The van der Waals surface area contributed by atoms with Crippen molar-refractivity contribution in [1.82, 2.24) is 0 Å². The van der Waals surface area contributed by atoms with Gasteiger partial charge in [0.2, 0.25) is 0 Å². The summed E-state index contributed by atoms with van der Waals surface area (Å²) >= 11 is 0. The van der Waals surface area contributed by atoms with Gasteiger partial charge in [0.1, 0.15) is 0 Å². The van der Waals surface area contributed by atoms with Crippen LogP contribution in [0.25, 0.3) is 0 Å². The van der Waals surface area contributed by atoms with Crippen molar-refractivity contribution in [2.24, 2.45) is 5.92 Å². The molecule has 8 heteroatoms. The summed E-state index contributed by atoms with van der Waals surface area (Å²) < 4.78 is 4.98. The Morgan fingerprint density at radius 1 is 0.912 bits per heavy atom. The summed E-state index contributed by atoms with van der Waals surface area (Å²) in [6, 6.07) is 5.52. The number of ether oxygens (including phenoxy) is 1. The normalized spacial score (nSPS) is 12.8. The molecule has 1 atom stereocenters. The molecule has 0 saturated carbocycles. The molecule has 0 spiro atoms. The zero-order chi connectivity index (χ0) is 25.8. The van der Waals surface area contributed by atoms with E-state index in [1.807, 2.05) is 19.1 Å². The summed E-state index contributed by atoms with van der Waals surface area (Å²) in [5.41, 5.74) is 1.86. The fourth-order valence-electron chi connectivity index (χ4n) is 4.08. The van der Waals surface area contributed by atoms with Gasteiger partial charge in [-0.3, -0.25) is 4.89 Å². The van der Waals surface area contributed by atoms with Gasteiger partial charge in [-0.25, -0.2) is 14.5 Å². The smallest absolute Gasteiger partial charge is 0.432 e. The van der Waals surface area contributed by atoms with Crippen LogP contribution in [0.4, 0.5) is 4.79 Å². The summed E-state index contributed by atoms with van der Waals surface area (Å²) in [5.74, 6) is -0.501. The maximum absolute atomic E-state index is 12.8. The molecule has 0 bridgehead atoms. The van der Waals surface area contributed by atoms with E-state index in [0.29, 0.717) is 5.56 Å². The van der Waals surface area contributed by atoms with Gasteiger partial charge in [-0.2, -0.15) is 0 Å². The first kappa shape index (κ1) is 29.9. The van der Waals surface area contributed by atoms with Gasteiger partial charge < -0.3 is 4.74 Å². The molecule has 1 rings (SSSR count). The number of rotatable bonds is 14. The minimum Gasteiger partial charge on any atom is -0.432 e. The van der Waals surface area contributed by atoms with Crippen molar-refractivity contribution in [2.75, 3.05) is 6.61 Å². The highest BCUT2D eigenvalue weighted by Crippen LogP contribution is 2.39. The van der Waals surface area contributed by atoms with Crippen molar-refractivity contribution >= 4 is 12.1 Å². The van der Waals surface area contributed by atoms with E-state index in [9.17, 15) is 9.59 Å². The number of hydrogen-bond donors (Lipinski definition) is 0. The van der Waals surface area contributed by atoms with Gasteiger partial charge in [0.05, 0.1) is 12.2 Å². The Bertz CT molecular complexity index is 767. The lowest BCUT2D eigenvalue weighted by Gasteiger charge is -2.34. The van der Waals surface area contributed by atoms with Gasteiger partial charge in [0.15, 0.2) is 0 Å². The highest BCUT2D eigenvalue weighted by atomic mass is 17.8. The molecule has 0 radical (unpaired) electrons. The SMILES string of the molecule is CCCCC(CC)COC(=O)OOOOOC(=O)c1cccc(C(C)(C)C)c1C(C)(C)CCC. The van der Waals surface area contributed by atoms with Crippen LogP contribution < -0.4 is 0 Å². The van der Waals surface area contributed by atoms with Crippen molar-refractivity contribution in [3.05, 3.63) is 34.9 Å². The first-order valence-electron chi connectivity index (χ1n) is 12.2. The van der Waals surface area contributed by atoms with E-state index < -0.39 is 12.1 Å². The molecule has 1 unspecified atom stereocenters. The molecular formula is C26H42O8. The standard InChI is InChI=1S/C26H42O8/c1-9-12-14-19(11-3)18-29-24(28)31-33-34-32-30-23(27)20-15-13-16-21(25(4,5)6)22(20)26(7,8)17-10-2/h13,15-16,19H,9-12,14,17-18H2,1-8H3. The average molecular weight is 483 g/mol. The summed E-state index contributed by atoms with van der Waals surface area (Å²) in [5, 5.41) is 12.7. The average Bonchev–Trinajstić information content (AvgIpc) is 2.77. The zero-order valence-corrected chi connectivity index (χ0v) is 22.0. The minimum absolute atomic E-state index is 0.182. The van der Waals surface area contributed by atoms with Crippen LogP contribution in [0.15, 0.2) is 18.2 Å². The molecule has 1 aromatic carbocycles. The molecule has 194 valence electrons. The lowest BCUT2D eigenvalue weighted by atomic mass is 9.70. The summed E-state index contributed by atoms with van der Waals surface area (Å²) in [7, 11) is 0. The Labute approximate surface area is 203 Å². The molecule has 0 aliphatic heterocycles. The third-order valence-electron chi connectivity index (χ3n) is 5.89. The number of carbonyl (C=O) groups is 2. The number of benzene rings is 1. The summed E-state index contributed by atoms with van der Waals surface area (Å²) in [6.07, 6.45) is 4.75. The van der Waals surface area contributed by atoms with Gasteiger partial charge in [-0.05, 0) is 46.8 Å². The number of hydrogen-bond acceptors (Lipinski definition) is 8. The topological polar surface area (TPSA) is 89.5 Å². The first-order chi connectivity index (χ1) is 16.0. The minimum atomic E-state index is -1.08. The number of unbranched alkanes of at least 4 members (excludes halogenated alkanes) is 1. The third-order valence-corrected chi connectivity index (χ3v) is 5.89. The summed E-state index contributed by atoms with van der Waals surface area (Å²) in [4.78, 5) is 33.4. The Morgan fingerprint density at radius 2 is 1.59 bits per heavy atom. The van der Waals surface area contributed by atoms with Crippen LogP contribution >= 0.6 is 0 Å². The predicted molar refractivity (Wildman–Crippen MR) is 127 cm³/mol. The van der Waals surface area contributed by atoms with Crippen LogP contribution in [0.3, 0.4) is 0 Å². The molecule has 0 N–H and O–H groups in total. The van der Waals surface area contributed by atoms with E-state index in [2.05, 4.69) is 68.5 Å². The first-order valence-corrected chi connectivity index (χ1v) is 12.2. The number of carbonyl (C=O) groups excluding carboxylic acids is 2. The quantitative estimate of drug-likeness (QED) is 0.118. The Hall–Kier alpha value is -2.16. The second-order valence-electron chi connectivity index (χ2n) is 10.2. The van der Waals surface area contributed by atoms with Crippen LogP contribution in [0.5, 0.6) is 0 Å². The van der Waals surface area contributed by atoms with Crippen LogP contribution in [0, 0.1) is 5.92 Å². The van der Waals surface area contributed by atoms with Crippen LogP contribution in [-0.4, -0.2) is 18.7 Å². The summed E-state index contributed by atoms with van der Waals surface area (Å²) in [6.45, 7) is 16.9. The van der Waals surface area contributed by atoms with Crippen molar-refractivity contribution < 1.29 is 39.2 Å². The van der Waals surface area contributed by atoms with Gasteiger partial charge in [0.25, 0.3) is 0 Å². The van der Waals surface area contributed by atoms with E-state index in [0.717, 1.165) is 49.7 Å². The van der Waals surface area contributed by atoms with Crippen molar-refractivity contribution in [3.8, 4) is 0 Å². The van der Waals surface area contributed by atoms with Crippen LogP contribution in [0.1, 0.15) is 115 Å². The molecule has 0 saturated heterocycles. The largest absolute Gasteiger partial charge is 0.542 e. The van der Waals surface area contributed by atoms with Crippen molar-refractivity contribution in [3.63, 3.8) is 0 Å². The molecule has 0 aliphatic carbocycles. The second kappa shape index (κ2) is 14.3. The molecule has 0 heterocycles. The van der Waals surface area contributed by atoms with Crippen molar-refractivity contribution in [1.29, 1.82) is 0 Å². The van der Waals surface area contributed by atoms with Gasteiger partial charge in [-0.15, -0.1) is 0 Å². The highest BCUT2D eigenvalue weighted by Gasteiger charge is 2.33. The maximum Gasteiger partial charge on any atom is 0.542 e. The molecule has 8 nitrogen and oxygen atoms in total. The predicted octanol–water partition coefficient (Wildman–Crippen LogP) is 7.30. The van der Waals surface area contributed by atoms with Crippen molar-refractivity contribution in [2.45, 2.75) is 105 Å². The Morgan fingerprint density at radius 3 is 2.18 bits per heavy atom. The molecule has 34 heavy (non-hydrogen) atoms. The van der Waals surface area contributed by atoms with E-state index in [4.69, 9.17) is 9.62 Å². The molecule has 0 aromatic heterocycles. The second-order valence-corrected chi connectivity index (χ2v) is 10.2. The molecular weight excluding hydrogens is 440 g/mol. The zero-order valence-electron chi connectivity index (χ0n) is 22.0. The lowest BCUT2D eigenvalue weighted by Crippen LogP contribution is -2.28. The molecule has 0 aliphatic rings. The lowest BCUT2D eigenvalue weighted by molar-refractivity contribution is -0.685. The highest BCUT2D eigenvalue weighted by molar-refractivity contribution is 5.91. The fraction of sp³-hybridized carbons (Fsp3) is 0.692. The third kappa shape index (κ3) is 9.60. The van der Waals surface area contributed by atoms with E-state index in [-0.39, 0.29) is 23.4 Å². The maximum atomic E-state index is 12.8.